The van der Waals surface area contributed by atoms with Crippen molar-refractivity contribution < 1.29 is 4.79 Å². The minimum absolute atomic E-state index is 0.228. The highest BCUT2D eigenvalue weighted by molar-refractivity contribution is 6.10. The van der Waals surface area contributed by atoms with Crippen LogP contribution in [0.15, 0.2) is 48.5 Å². The zero-order valence-electron chi connectivity index (χ0n) is 11.6. The number of rotatable bonds is 0. The molecule has 4 rings (SSSR count). The summed E-state index contributed by atoms with van der Waals surface area (Å²) < 4.78 is 0. The maximum atomic E-state index is 13.0. The van der Waals surface area contributed by atoms with Gasteiger partial charge in [-0.3, -0.25) is 4.79 Å². The summed E-state index contributed by atoms with van der Waals surface area (Å²) in [6.07, 6.45) is 3.08. The number of amides is 1. The second-order valence-electron chi connectivity index (χ2n) is 5.80. The molecule has 1 amide bonds. The Labute approximate surface area is 119 Å². The maximum Gasteiger partial charge on any atom is 0.241 e. The third-order valence-corrected chi connectivity index (χ3v) is 4.87. The SMILES string of the molecule is CN1C(=O)C2(CCCc3ccccc32)c2ccccc21. The highest BCUT2D eigenvalue weighted by atomic mass is 16.2. The summed E-state index contributed by atoms with van der Waals surface area (Å²) in [7, 11) is 1.90. The number of carbonyl (C=O) groups excluding carboxylic acids is 1. The monoisotopic (exact) mass is 263 g/mol. The Bertz CT molecular complexity index is 706. The normalized spacial score (nSPS) is 23.9. The fraction of sp³-hybridized carbons (Fsp3) is 0.278. The van der Waals surface area contributed by atoms with Crippen LogP contribution in [0.3, 0.4) is 0 Å². The molecule has 2 aromatic rings. The van der Waals surface area contributed by atoms with Gasteiger partial charge in [-0.15, -0.1) is 0 Å². The lowest BCUT2D eigenvalue weighted by atomic mass is 9.66. The molecule has 2 nitrogen and oxygen atoms in total. The van der Waals surface area contributed by atoms with E-state index < -0.39 is 5.41 Å². The molecule has 1 unspecified atom stereocenters. The van der Waals surface area contributed by atoms with Gasteiger partial charge in [0.25, 0.3) is 0 Å². The van der Waals surface area contributed by atoms with Crippen molar-refractivity contribution in [2.24, 2.45) is 0 Å². The van der Waals surface area contributed by atoms with E-state index in [4.69, 9.17) is 0 Å². The lowest BCUT2D eigenvalue weighted by Gasteiger charge is -2.34. The molecule has 2 heteroatoms. The van der Waals surface area contributed by atoms with Crippen molar-refractivity contribution in [3.05, 3.63) is 65.2 Å². The van der Waals surface area contributed by atoms with Crippen LogP contribution < -0.4 is 4.90 Å². The van der Waals surface area contributed by atoms with Crippen LogP contribution in [0.1, 0.15) is 29.5 Å². The van der Waals surface area contributed by atoms with E-state index in [1.54, 1.807) is 0 Å². The molecule has 100 valence electrons. The summed E-state index contributed by atoms with van der Waals surface area (Å²) in [5.74, 6) is 0.228. The maximum absolute atomic E-state index is 13.0. The van der Waals surface area contributed by atoms with E-state index in [-0.39, 0.29) is 5.91 Å². The largest absolute Gasteiger partial charge is 0.314 e. The Hall–Kier alpha value is -2.09. The fourth-order valence-corrected chi connectivity index (χ4v) is 3.97. The Balaban J connectivity index is 2.05. The van der Waals surface area contributed by atoms with Gasteiger partial charge in [-0.1, -0.05) is 42.5 Å². The first kappa shape index (κ1) is 11.7. The van der Waals surface area contributed by atoms with Crippen molar-refractivity contribution in [1.29, 1.82) is 0 Å². The van der Waals surface area contributed by atoms with Gasteiger partial charge in [0.2, 0.25) is 5.91 Å². The van der Waals surface area contributed by atoms with Crippen LogP contribution in [0.25, 0.3) is 0 Å². The number of hydrogen-bond donors (Lipinski definition) is 0. The van der Waals surface area contributed by atoms with Crippen molar-refractivity contribution in [3.63, 3.8) is 0 Å². The van der Waals surface area contributed by atoms with Gasteiger partial charge in [0, 0.05) is 12.7 Å². The van der Waals surface area contributed by atoms with Gasteiger partial charge < -0.3 is 4.90 Å². The van der Waals surface area contributed by atoms with E-state index in [9.17, 15) is 4.79 Å². The fourth-order valence-electron chi connectivity index (χ4n) is 3.97. The quantitative estimate of drug-likeness (QED) is 0.714. The predicted molar refractivity (Wildman–Crippen MR) is 80.0 cm³/mol. The Kier molecular flexibility index (Phi) is 2.31. The van der Waals surface area contributed by atoms with E-state index in [0.29, 0.717) is 0 Å². The average molecular weight is 263 g/mol. The molecule has 2 aromatic carbocycles. The second-order valence-corrected chi connectivity index (χ2v) is 5.80. The topological polar surface area (TPSA) is 20.3 Å². The first-order chi connectivity index (χ1) is 9.75. The number of anilines is 1. The molecule has 0 aromatic heterocycles. The number of aryl methyl sites for hydroxylation is 1. The van der Waals surface area contributed by atoms with Crippen LogP contribution in [-0.4, -0.2) is 13.0 Å². The smallest absolute Gasteiger partial charge is 0.241 e. The molecule has 20 heavy (non-hydrogen) atoms. The van der Waals surface area contributed by atoms with Crippen molar-refractivity contribution >= 4 is 11.6 Å². The molecule has 0 saturated heterocycles. The van der Waals surface area contributed by atoms with Crippen molar-refractivity contribution in [2.75, 3.05) is 11.9 Å². The molecular weight excluding hydrogens is 246 g/mol. The van der Waals surface area contributed by atoms with Gasteiger partial charge in [-0.2, -0.15) is 0 Å². The molecule has 0 N–H and O–H groups in total. The van der Waals surface area contributed by atoms with Gasteiger partial charge in [-0.05, 0) is 42.0 Å². The average Bonchev–Trinajstić information content (AvgIpc) is 2.72. The van der Waals surface area contributed by atoms with Gasteiger partial charge in [-0.25, -0.2) is 0 Å². The highest BCUT2D eigenvalue weighted by Gasteiger charge is 2.52. The van der Waals surface area contributed by atoms with E-state index in [2.05, 4.69) is 36.4 Å². The molecular formula is C18H17NO. The van der Waals surface area contributed by atoms with Crippen LogP contribution in [-0.2, 0) is 16.6 Å². The second kappa shape index (κ2) is 3.95. The number of nitrogens with zero attached hydrogens (tertiary/aromatic N) is 1. The lowest BCUT2D eigenvalue weighted by molar-refractivity contribution is -0.122. The summed E-state index contributed by atoms with van der Waals surface area (Å²) in [6, 6.07) is 16.7. The number of likely N-dealkylation sites (N-methyl/N-ethyl adjacent to an activating group) is 1. The van der Waals surface area contributed by atoms with Crippen molar-refractivity contribution in [2.45, 2.75) is 24.7 Å². The highest BCUT2D eigenvalue weighted by Crippen LogP contribution is 2.51. The van der Waals surface area contributed by atoms with Gasteiger partial charge in [0.1, 0.15) is 5.41 Å². The van der Waals surface area contributed by atoms with E-state index in [0.717, 1.165) is 24.9 Å². The van der Waals surface area contributed by atoms with Crippen molar-refractivity contribution in [3.8, 4) is 0 Å². The van der Waals surface area contributed by atoms with Gasteiger partial charge >= 0.3 is 0 Å². The van der Waals surface area contributed by atoms with E-state index in [1.165, 1.54) is 16.7 Å². The van der Waals surface area contributed by atoms with E-state index in [1.807, 2.05) is 24.1 Å². The molecule has 1 aliphatic carbocycles. The molecule has 0 fully saturated rings. The number of carbonyl (C=O) groups is 1. The van der Waals surface area contributed by atoms with Crippen LogP contribution in [0.2, 0.25) is 0 Å². The summed E-state index contributed by atoms with van der Waals surface area (Å²) in [4.78, 5) is 14.9. The standard InChI is InChI=1S/C18H17NO/c1-19-16-11-5-4-10-15(16)18(17(19)20)12-6-8-13-7-2-3-9-14(13)18/h2-5,7,9-11H,6,8,12H2,1H3. The molecule has 2 aliphatic rings. The van der Waals surface area contributed by atoms with Gasteiger partial charge in [0.15, 0.2) is 0 Å². The third-order valence-electron chi connectivity index (χ3n) is 4.87. The van der Waals surface area contributed by atoms with Crippen LogP contribution >= 0.6 is 0 Å². The Morgan fingerprint density at radius 2 is 1.70 bits per heavy atom. The zero-order valence-corrected chi connectivity index (χ0v) is 11.6. The molecule has 1 aliphatic heterocycles. The summed E-state index contributed by atoms with van der Waals surface area (Å²) in [5, 5.41) is 0. The lowest BCUT2D eigenvalue weighted by Crippen LogP contribution is -2.42. The molecule has 1 spiro atoms. The molecule has 0 radical (unpaired) electrons. The number of fused-ring (bicyclic) bond motifs is 4. The first-order valence-corrected chi connectivity index (χ1v) is 7.21. The van der Waals surface area contributed by atoms with Crippen LogP contribution in [0, 0.1) is 0 Å². The first-order valence-electron chi connectivity index (χ1n) is 7.21. The summed E-state index contributed by atoms with van der Waals surface area (Å²) >= 11 is 0. The van der Waals surface area contributed by atoms with Gasteiger partial charge in [0.05, 0.1) is 0 Å². The predicted octanol–water partition coefficient (Wildman–Crippen LogP) is 3.29. The van der Waals surface area contributed by atoms with Crippen molar-refractivity contribution in [1.82, 2.24) is 0 Å². The van der Waals surface area contributed by atoms with Crippen LogP contribution in [0.5, 0.6) is 0 Å². The van der Waals surface area contributed by atoms with E-state index >= 15 is 0 Å². The number of benzene rings is 2. The molecule has 1 heterocycles. The molecule has 1 atom stereocenters. The number of hydrogen-bond acceptors (Lipinski definition) is 1. The third kappa shape index (κ3) is 1.26. The van der Waals surface area contributed by atoms with Crippen LogP contribution in [0.4, 0.5) is 5.69 Å². The number of para-hydroxylation sites is 1. The molecule has 0 saturated carbocycles. The minimum atomic E-state index is -0.444. The summed E-state index contributed by atoms with van der Waals surface area (Å²) in [6.45, 7) is 0. The zero-order chi connectivity index (χ0) is 13.7. The minimum Gasteiger partial charge on any atom is -0.314 e. The Morgan fingerprint density at radius 1 is 1.00 bits per heavy atom. The molecule has 0 bridgehead atoms. The Morgan fingerprint density at radius 3 is 2.55 bits per heavy atom. The summed E-state index contributed by atoms with van der Waals surface area (Å²) in [5.41, 5.74) is 4.35.